The number of rotatable bonds is 17. The lowest BCUT2D eigenvalue weighted by molar-refractivity contribution is -0.135. The molecule has 4 aromatic rings. The van der Waals surface area contributed by atoms with Crippen LogP contribution in [0.4, 0.5) is 9.59 Å². The zero-order valence-electron chi connectivity index (χ0n) is 32.7. The van der Waals surface area contributed by atoms with E-state index in [1.165, 1.54) is 21.3 Å². The fraction of sp³-hybridized carbons (Fsp3) is 0.450. The van der Waals surface area contributed by atoms with E-state index in [0.717, 1.165) is 46.5 Å². The van der Waals surface area contributed by atoms with E-state index in [1.54, 1.807) is 24.4 Å². The Morgan fingerprint density at radius 3 is 1.80 bits per heavy atom. The number of carbonyl (C=O) groups excluding carboxylic acids is 4. The molecule has 1 aliphatic rings. The second-order valence-electron chi connectivity index (χ2n) is 13.9. The molecule has 4 amide bonds. The normalized spacial score (nSPS) is 15.6. The highest BCUT2D eigenvalue weighted by Crippen LogP contribution is 2.33. The monoisotopic (exact) mass is 772 g/mol. The fourth-order valence-corrected chi connectivity index (χ4v) is 6.70. The van der Waals surface area contributed by atoms with Gasteiger partial charge < -0.3 is 49.8 Å². The number of benzene rings is 2. The summed E-state index contributed by atoms with van der Waals surface area (Å²) in [6.45, 7) is 5.12. The highest BCUT2D eigenvalue weighted by Gasteiger charge is 2.36. The molecule has 5 N–H and O–H groups in total. The van der Waals surface area contributed by atoms with Crippen LogP contribution in [-0.4, -0.2) is 109 Å². The van der Waals surface area contributed by atoms with Gasteiger partial charge in [0, 0.05) is 46.8 Å². The van der Waals surface area contributed by atoms with Crippen molar-refractivity contribution in [3.05, 3.63) is 72.6 Å². The van der Waals surface area contributed by atoms with Crippen molar-refractivity contribution in [1.82, 2.24) is 40.8 Å². The van der Waals surface area contributed by atoms with Crippen molar-refractivity contribution >= 4 is 24.0 Å². The van der Waals surface area contributed by atoms with Crippen molar-refractivity contribution in [2.24, 2.45) is 5.92 Å². The maximum absolute atomic E-state index is 13.5. The van der Waals surface area contributed by atoms with Gasteiger partial charge in [0.2, 0.25) is 11.8 Å². The van der Waals surface area contributed by atoms with Crippen LogP contribution in [0, 0.1) is 5.92 Å². The summed E-state index contributed by atoms with van der Waals surface area (Å²) in [5, 5.41) is 8.24. The van der Waals surface area contributed by atoms with Gasteiger partial charge in [-0.15, -0.1) is 0 Å². The van der Waals surface area contributed by atoms with Gasteiger partial charge >= 0.3 is 12.2 Å². The van der Waals surface area contributed by atoms with Crippen LogP contribution in [0.1, 0.15) is 63.3 Å². The molecule has 1 fully saturated rings. The van der Waals surface area contributed by atoms with Crippen molar-refractivity contribution in [3.63, 3.8) is 0 Å². The molecule has 1 saturated heterocycles. The molecule has 3 heterocycles. The number of aromatic nitrogens is 4. The molecule has 300 valence electrons. The molecule has 0 saturated carbocycles. The van der Waals surface area contributed by atoms with Gasteiger partial charge in [-0.25, -0.2) is 19.6 Å². The number of H-pyrrole nitrogens is 2. The molecule has 16 nitrogen and oxygen atoms in total. The number of imidazole rings is 2. The first-order chi connectivity index (χ1) is 27.1. The van der Waals surface area contributed by atoms with Crippen LogP contribution in [0.2, 0.25) is 0 Å². The average Bonchev–Trinajstić information content (AvgIpc) is 4.01. The molecule has 16 heteroatoms. The third kappa shape index (κ3) is 10.3. The third-order valence-electron chi connectivity index (χ3n) is 9.82. The Kier molecular flexibility index (Phi) is 14.6. The molecule has 1 aliphatic heterocycles. The van der Waals surface area contributed by atoms with E-state index in [9.17, 15) is 19.2 Å². The zero-order chi connectivity index (χ0) is 40.2. The van der Waals surface area contributed by atoms with E-state index in [2.05, 4.69) is 35.9 Å². The fourth-order valence-electron chi connectivity index (χ4n) is 6.70. The number of likely N-dealkylation sites (tertiary alicyclic amines) is 1. The summed E-state index contributed by atoms with van der Waals surface area (Å²) < 4.78 is 19.7. The maximum Gasteiger partial charge on any atom is 0.407 e. The molecule has 2 aromatic heterocycles. The molecular weight excluding hydrogens is 720 g/mol. The SMILES string of the molecule is COCC[C@H](NC(=O)OC)C(=O)N[C@@H](c1ncc(-c2ccc(-c3ccc(-c4cnc([C@@H]5CCCN5C(=O)[C@H](CCOC)NC(=O)OC)[nH]4)cc3)cc2)[nH]1)C(C)C. The average molecular weight is 773 g/mol. The second-order valence-corrected chi connectivity index (χ2v) is 13.9. The summed E-state index contributed by atoms with van der Waals surface area (Å²) in [6.07, 6.45) is 4.34. The van der Waals surface area contributed by atoms with Crippen LogP contribution in [0.3, 0.4) is 0 Å². The number of amides is 4. The molecule has 2 aromatic carbocycles. The standard InChI is InChI=1S/C40H52N8O8/c1-24(2)34(47-37(49)29(17-20-53-3)45-39(51)55-5)36-42-23-32(44-36)28-15-11-26(12-16-28)25-9-13-27(14-10-25)31-22-41-35(43-31)33-8-7-19-48(33)38(50)30(18-21-54-4)46-40(52)56-6/h9-16,22-24,29-30,33-34H,7-8,17-21H2,1-6H3,(H,41,43)(H,42,44)(H,45,51)(H,46,52)(H,47,49)/t29-,30-,33-,34+/m0/s1. The molecule has 0 radical (unpaired) electrons. The summed E-state index contributed by atoms with van der Waals surface area (Å²) in [4.78, 5) is 68.3. The highest BCUT2D eigenvalue weighted by molar-refractivity contribution is 5.87. The minimum atomic E-state index is -0.833. The van der Waals surface area contributed by atoms with Gasteiger partial charge in [0.15, 0.2) is 0 Å². The summed E-state index contributed by atoms with van der Waals surface area (Å²) in [6, 6.07) is 14.0. The minimum absolute atomic E-state index is 0.000273. The smallest absolute Gasteiger partial charge is 0.407 e. The van der Waals surface area contributed by atoms with Gasteiger partial charge in [0.25, 0.3) is 0 Å². The Bertz CT molecular complexity index is 1830. The largest absolute Gasteiger partial charge is 0.453 e. The number of ether oxygens (including phenoxy) is 4. The number of hydrogen-bond acceptors (Lipinski definition) is 10. The van der Waals surface area contributed by atoms with E-state index in [-0.39, 0.29) is 36.8 Å². The van der Waals surface area contributed by atoms with Crippen molar-refractivity contribution in [3.8, 4) is 33.6 Å². The van der Waals surface area contributed by atoms with Crippen LogP contribution in [0.15, 0.2) is 60.9 Å². The summed E-state index contributed by atoms with van der Waals surface area (Å²) in [5.74, 6) is 0.736. The summed E-state index contributed by atoms with van der Waals surface area (Å²) in [5.41, 5.74) is 5.58. The van der Waals surface area contributed by atoms with Crippen LogP contribution in [-0.2, 0) is 28.5 Å². The van der Waals surface area contributed by atoms with Gasteiger partial charge in [-0.2, -0.15) is 0 Å². The van der Waals surface area contributed by atoms with E-state index < -0.39 is 30.3 Å². The number of nitrogens with zero attached hydrogens (tertiary/aromatic N) is 3. The van der Waals surface area contributed by atoms with Crippen molar-refractivity contribution in [2.45, 2.75) is 63.7 Å². The van der Waals surface area contributed by atoms with E-state index in [0.29, 0.717) is 31.2 Å². The summed E-state index contributed by atoms with van der Waals surface area (Å²) >= 11 is 0. The number of hydrogen-bond donors (Lipinski definition) is 5. The Labute approximate surface area is 326 Å². The van der Waals surface area contributed by atoms with Crippen molar-refractivity contribution < 1.29 is 38.1 Å². The van der Waals surface area contributed by atoms with Crippen molar-refractivity contribution in [2.75, 3.05) is 48.2 Å². The Morgan fingerprint density at radius 1 is 0.732 bits per heavy atom. The number of carbonyl (C=O) groups is 4. The third-order valence-corrected chi connectivity index (χ3v) is 9.82. The first kappa shape index (κ1) is 41.4. The quantitative estimate of drug-likeness (QED) is 0.0958. The van der Waals surface area contributed by atoms with E-state index >= 15 is 0 Å². The number of nitrogens with one attached hydrogen (secondary N) is 5. The number of alkyl carbamates (subject to hydrolysis) is 2. The molecule has 0 spiro atoms. The zero-order valence-corrected chi connectivity index (χ0v) is 32.7. The van der Waals surface area contributed by atoms with Crippen LogP contribution >= 0.6 is 0 Å². The molecule has 56 heavy (non-hydrogen) atoms. The Morgan fingerprint density at radius 2 is 1.25 bits per heavy atom. The summed E-state index contributed by atoms with van der Waals surface area (Å²) in [7, 11) is 5.60. The highest BCUT2D eigenvalue weighted by atomic mass is 16.5. The van der Waals surface area contributed by atoms with E-state index in [4.69, 9.17) is 18.9 Å². The van der Waals surface area contributed by atoms with Crippen LogP contribution < -0.4 is 16.0 Å². The second kappa shape index (κ2) is 19.7. The lowest BCUT2D eigenvalue weighted by Crippen LogP contribution is -2.49. The van der Waals surface area contributed by atoms with E-state index in [1.807, 2.05) is 62.4 Å². The topological polar surface area (TPSA) is 202 Å². The van der Waals surface area contributed by atoms with Gasteiger partial charge in [-0.05, 0) is 41.0 Å². The number of methoxy groups -OCH3 is 4. The van der Waals surface area contributed by atoms with Gasteiger partial charge in [-0.3, -0.25) is 9.59 Å². The first-order valence-electron chi connectivity index (χ1n) is 18.7. The Hall–Kier alpha value is -5.74. The lowest BCUT2D eigenvalue weighted by Gasteiger charge is -2.28. The van der Waals surface area contributed by atoms with Gasteiger partial charge in [0.1, 0.15) is 23.7 Å². The molecular formula is C40H52N8O8. The molecule has 0 unspecified atom stereocenters. The lowest BCUT2D eigenvalue weighted by atomic mass is 10.0. The maximum atomic E-state index is 13.5. The van der Waals surface area contributed by atoms with Crippen molar-refractivity contribution in [1.29, 1.82) is 0 Å². The van der Waals surface area contributed by atoms with Gasteiger partial charge in [0.05, 0.1) is 50.1 Å². The minimum Gasteiger partial charge on any atom is -0.453 e. The predicted molar refractivity (Wildman–Crippen MR) is 208 cm³/mol. The molecule has 0 aliphatic carbocycles. The van der Waals surface area contributed by atoms with Crippen LogP contribution in [0.5, 0.6) is 0 Å². The molecule has 0 bridgehead atoms. The number of aromatic amines is 2. The van der Waals surface area contributed by atoms with Gasteiger partial charge in [-0.1, -0.05) is 62.4 Å². The Balaban J connectivity index is 1.24. The molecule has 4 atom stereocenters. The molecule has 5 rings (SSSR count). The van der Waals surface area contributed by atoms with Crippen LogP contribution in [0.25, 0.3) is 33.6 Å². The predicted octanol–water partition coefficient (Wildman–Crippen LogP) is 5.13. The first-order valence-corrected chi connectivity index (χ1v) is 18.7.